The zero-order valence-corrected chi connectivity index (χ0v) is 24.5. The van der Waals surface area contributed by atoms with Crippen LogP contribution in [0.5, 0.6) is 0 Å². The van der Waals surface area contributed by atoms with Crippen molar-refractivity contribution < 1.29 is 18.2 Å². The molecule has 5 aliphatic rings. The summed E-state index contributed by atoms with van der Waals surface area (Å²) in [7, 11) is 13.8. The van der Waals surface area contributed by atoms with E-state index in [9.17, 15) is 0 Å². The second kappa shape index (κ2) is 9.86. The van der Waals surface area contributed by atoms with Crippen LogP contribution in [0.4, 0.5) is 0 Å². The molecule has 5 saturated carbocycles. The molecule has 0 heterocycles. The fourth-order valence-electron chi connectivity index (χ4n) is 8.01. The summed E-state index contributed by atoms with van der Waals surface area (Å²) in [6, 6.07) is 0. The Balaban J connectivity index is 0.000000515. The van der Waals surface area contributed by atoms with Gasteiger partial charge in [-0.05, 0) is 106 Å². The molecule has 5 rings (SSSR count). The average Bonchev–Trinajstić information content (AvgIpc) is 2.68. The molecule has 1 nitrogen and oxygen atoms in total. The number of nitrogens with zero attached hydrogens (tertiary/aromatic N) is 1. The molecule has 165 valence electrons. The first-order valence-electron chi connectivity index (χ1n) is 10.9. The van der Waals surface area contributed by atoms with Gasteiger partial charge in [0.15, 0.2) is 0 Å². The van der Waals surface area contributed by atoms with Crippen molar-refractivity contribution in [2.75, 3.05) is 13.3 Å². The summed E-state index contributed by atoms with van der Waals surface area (Å²) in [5, 5.41) is 0. The fourth-order valence-corrected chi connectivity index (χ4v) is 12.3. The van der Waals surface area contributed by atoms with Crippen LogP contribution >= 0.6 is 32.6 Å². The van der Waals surface area contributed by atoms with E-state index in [2.05, 4.69) is 41.0 Å². The monoisotopic (exact) mass is 545 g/mol. The Hall–Kier alpha value is 1.98. The van der Waals surface area contributed by atoms with Crippen LogP contribution in [0.15, 0.2) is 4.74 Å². The van der Waals surface area contributed by atoms with Crippen molar-refractivity contribution in [1.82, 2.24) is 0 Å². The molecule has 6 heteroatoms. The third-order valence-corrected chi connectivity index (χ3v) is 12.1. The van der Waals surface area contributed by atoms with Gasteiger partial charge in [0.2, 0.25) is 0 Å². The number of hydrogen-bond donors (Lipinski definition) is 0. The molecular weight excluding hydrogens is 507 g/mol. The third-order valence-electron chi connectivity index (χ3n) is 8.77. The molecule has 0 amide bonds. The average molecular weight is 548 g/mol. The van der Waals surface area contributed by atoms with Gasteiger partial charge in [0.1, 0.15) is 0 Å². The van der Waals surface area contributed by atoms with E-state index in [-0.39, 0.29) is 7.43 Å². The minimum absolute atomic E-state index is 0. The first-order chi connectivity index (χ1) is 12.4. The summed E-state index contributed by atoms with van der Waals surface area (Å²) in [6.07, 6.45) is 8.96. The maximum atomic E-state index is 5.86. The summed E-state index contributed by atoms with van der Waals surface area (Å²) < 4.78 is 5.86. The molecule has 0 saturated heterocycles. The zero-order valence-electron chi connectivity index (χ0n) is 18.9. The van der Waals surface area contributed by atoms with E-state index in [1.54, 1.807) is 0 Å². The van der Waals surface area contributed by atoms with Gasteiger partial charge in [0, 0.05) is 0 Å². The first kappa shape index (κ1) is 26.2. The van der Waals surface area contributed by atoms with Crippen molar-refractivity contribution in [3.8, 4) is 0 Å². The van der Waals surface area contributed by atoms with E-state index >= 15 is 0 Å². The molecule has 0 N–H and O–H groups in total. The van der Waals surface area contributed by atoms with Gasteiger partial charge in [-0.1, -0.05) is 27.7 Å². The summed E-state index contributed by atoms with van der Waals surface area (Å²) in [4.78, 5) is 0. The topological polar surface area (TPSA) is 12.4 Å². The zero-order chi connectivity index (χ0) is 20.1. The maximum absolute atomic E-state index is 5.86. The van der Waals surface area contributed by atoms with E-state index in [0.717, 1.165) is 47.1 Å². The number of halogens is 3. The van der Waals surface area contributed by atoms with Crippen molar-refractivity contribution >= 4 is 32.6 Å². The summed E-state index contributed by atoms with van der Waals surface area (Å²) in [6.45, 7) is 15.2. The van der Waals surface area contributed by atoms with Crippen molar-refractivity contribution in [3.63, 3.8) is 0 Å². The van der Waals surface area contributed by atoms with Gasteiger partial charge in [-0.15, -0.1) is 0 Å². The summed E-state index contributed by atoms with van der Waals surface area (Å²) in [5.74, 6) is 6.56. The molecule has 0 radical (unpaired) electrons. The predicted octanol–water partition coefficient (Wildman–Crippen LogP) is 8.86. The molecule has 5 aliphatic carbocycles. The molecule has 0 aromatic heterocycles. The minimum atomic E-state index is -2.13. The van der Waals surface area contributed by atoms with Gasteiger partial charge in [-0.2, -0.15) is 0 Å². The van der Waals surface area contributed by atoms with Crippen LogP contribution < -0.4 is 0 Å². The molecule has 0 aromatic rings. The van der Waals surface area contributed by atoms with Gasteiger partial charge in [0.25, 0.3) is 0 Å². The van der Waals surface area contributed by atoms with Crippen LogP contribution in [0.2, 0.25) is 0 Å². The second-order valence-corrected chi connectivity index (χ2v) is 25.8. The standard InChI is InChI=1S/C21H38NP.CH3.3ClH.Zr/c1-13-14(2)16(4)20(15(13)3)23(5,6)22-21-10-17-7-18(11-21)9-19(8-17)12-21;;;;;/h13-20H,7-12H2,1-6H3;1H3;3*1H;/q;-1;;;;+3/p-3. The van der Waals surface area contributed by atoms with Gasteiger partial charge >= 0.3 is 43.7 Å². The molecule has 0 aromatic carbocycles. The normalized spacial score (nSPS) is 46.5. The number of rotatable bonds is 2. The number of hydrogen-bond acceptors (Lipinski definition) is 1. The van der Waals surface area contributed by atoms with E-state index in [0.29, 0.717) is 5.54 Å². The predicted molar refractivity (Wildman–Crippen MR) is 127 cm³/mol. The third kappa shape index (κ3) is 5.48. The van der Waals surface area contributed by atoms with Crippen LogP contribution in [0.3, 0.4) is 0 Å². The summed E-state index contributed by atoms with van der Waals surface area (Å²) >= 11 is -2.13. The van der Waals surface area contributed by atoms with Crippen molar-refractivity contribution in [3.05, 3.63) is 7.43 Å². The Morgan fingerprint density at radius 2 is 1.07 bits per heavy atom. The Morgan fingerprint density at radius 3 is 1.39 bits per heavy atom. The van der Waals surface area contributed by atoms with Crippen LogP contribution in [0.1, 0.15) is 66.2 Å². The van der Waals surface area contributed by atoms with Crippen LogP contribution in [0.25, 0.3) is 0 Å². The van der Waals surface area contributed by atoms with Crippen molar-refractivity contribution in [1.29, 1.82) is 0 Å². The molecule has 0 spiro atoms. The SMILES string of the molecule is CC1C(C)C(C)C(P(C)(C)=NC23CC4CC(CC(C4)C2)C3)C1C.[CH3-].[Cl][Zr]([Cl])[Cl]. The van der Waals surface area contributed by atoms with Gasteiger partial charge in [-0.3, -0.25) is 4.74 Å². The molecule has 0 aliphatic heterocycles. The van der Waals surface area contributed by atoms with E-state index in [1.807, 2.05) is 0 Å². The van der Waals surface area contributed by atoms with Gasteiger partial charge in [-0.25, -0.2) is 0 Å². The van der Waals surface area contributed by atoms with E-state index in [1.165, 1.54) is 38.5 Å². The Bertz CT molecular complexity index is 538. The van der Waals surface area contributed by atoms with Crippen LogP contribution in [-0.4, -0.2) is 24.5 Å². The van der Waals surface area contributed by atoms with Crippen LogP contribution in [-0.2, 0) is 18.2 Å². The van der Waals surface area contributed by atoms with Gasteiger partial charge < -0.3 is 7.43 Å². The Kier molecular flexibility index (Phi) is 9.24. The molecule has 5 fully saturated rings. The van der Waals surface area contributed by atoms with Crippen LogP contribution in [0, 0.1) is 48.9 Å². The Labute approximate surface area is 193 Å². The molecule has 4 bridgehead atoms. The first-order valence-corrected chi connectivity index (χ1v) is 23.1. The molecular formula is C22H41Cl3NPZr-. The van der Waals surface area contributed by atoms with E-state index in [4.69, 9.17) is 30.3 Å². The molecule has 28 heavy (non-hydrogen) atoms. The molecule has 4 unspecified atom stereocenters. The fraction of sp³-hybridized carbons (Fsp3) is 0.955. The van der Waals surface area contributed by atoms with E-state index < -0.39 is 25.2 Å². The molecule has 4 atom stereocenters. The van der Waals surface area contributed by atoms with Gasteiger partial charge in [0.05, 0.1) is 5.54 Å². The quantitative estimate of drug-likeness (QED) is 0.242. The van der Waals surface area contributed by atoms with Crippen molar-refractivity contribution in [2.45, 2.75) is 77.4 Å². The second-order valence-electron chi connectivity index (χ2n) is 10.9. The summed E-state index contributed by atoms with van der Waals surface area (Å²) in [5.41, 5.74) is 1.29. The Morgan fingerprint density at radius 1 is 0.750 bits per heavy atom. The van der Waals surface area contributed by atoms with Crippen molar-refractivity contribution in [2.24, 2.45) is 46.2 Å².